The number of rotatable bonds is 5. The van der Waals surface area contributed by atoms with Gasteiger partial charge in [-0.3, -0.25) is 0 Å². The average molecular weight is 288 g/mol. The number of aromatic nitrogens is 1. The smallest absolute Gasteiger partial charge is 0.129 e. The van der Waals surface area contributed by atoms with Crippen molar-refractivity contribution in [3.8, 4) is 0 Å². The molecule has 21 heavy (non-hydrogen) atoms. The van der Waals surface area contributed by atoms with E-state index in [9.17, 15) is 0 Å². The minimum Gasteiger partial charge on any atom is -0.354 e. The van der Waals surface area contributed by atoms with Crippen molar-refractivity contribution in [1.29, 1.82) is 0 Å². The molecule has 116 valence electrons. The Morgan fingerprint density at radius 2 is 1.90 bits per heavy atom. The zero-order valence-corrected chi connectivity index (χ0v) is 13.6. The maximum absolute atomic E-state index is 4.90. The van der Waals surface area contributed by atoms with Crippen LogP contribution in [-0.2, 0) is 6.54 Å². The van der Waals surface area contributed by atoms with Crippen molar-refractivity contribution < 1.29 is 0 Å². The maximum atomic E-state index is 4.90. The molecule has 2 aliphatic rings. The summed E-state index contributed by atoms with van der Waals surface area (Å²) in [6.07, 6.45) is 2.68. The zero-order valence-electron chi connectivity index (χ0n) is 13.6. The topological polar surface area (TPSA) is 31.4 Å². The predicted octanol–water partition coefficient (Wildman–Crippen LogP) is 2.21. The quantitative estimate of drug-likeness (QED) is 0.900. The van der Waals surface area contributed by atoms with Crippen molar-refractivity contribution in [1.82, 2.24) is 15.2 Å². The Hall–Kier alpha value is -1.13. The molecular formula is C17H28N4. The first-order valence-corrected chi connectivity index (χ1v) is 8.29. The fourth-order valence-corrected chi connectivity index (χ4v) is 2.74. The van der Waals surface area contributed by atoms with Crippen LogP contribution in [0.2, 0.25) is 0 Å². The van der Waals surface area contributed by atoms with Crippen LogP contribution in [0.3, 0.4) is 0 Å². The standard InChI is InChI=1S/C17H28N4/c1-13(2)16-10-14(12-18-15-4-5-15)11-17(19-16)21-8-6-20(3)7-9-21/h10-11,13,15,18H,4-9,12H2,1-3H3. The summed E-state index contributed by atoms with van der Waals surface area (Å²) in [6, 6.07) is 5.32. The normalized spacial score (nSPS) is 20.3. The van der Waals surface area contributed by atoms with E-state index < -0.39 is 0 Å². The van der Waals surface area contributed by atoms with E-state index in [0.717, 1.165) is 38.8 Å². The van der Waals surface area contributed by atoms with Gasteiger partial charge >= 0.3 is 0 Å². The molecule has 0 spiro atoms. The maximum Gasteiger partial charge on any atom is 0.129 e. The average Bonchev–Trinajstić information content (AvgIpc) is 3.30. The number of likely N-dealkylation sites (N-methyl/N-ethyl adjacent to an activating group) is 1. The molecule has 0 unspecified atom stereocenters. The highest BCUT2D eigenvalue weighted by Crippen LogP contribution is 2.23. The van der Waals surface area contributed by atoms with E-state index in [1.807, 2.05) is 0 Å². The molecule has 2 heterocycles. The van der Waals surface area contributed by atoms with Gasteiger partial charge in [0.25, 0.3) is 0 Å². The molecule has 4 heteroatoms. The van der Waals surface area contributed by atoms with Gasteiger partial charge in [-0.2, -0.15) is 0 Å². The van der Waals surface area contributed by atoms with Crippen LogP contribution >= 0.6 is 0 Å². The molecule has 0 aromatic carbocycles. The van der Waals surface area contributed by atoms with Crippen LogP contribution < -0.4 is 10.2 Å². The van der Waals surface area contributed by atoms with E-state index in [1.54, 1.807) is 0 Å². The lowest BCUT2D eigenvalue weighted by Crippen LogP contribution is -2.45. The lowest BCUT2D eigenvalue weighted by atomic mass is 10.1. The van der Waals surface area contributed by atoms with Gasteiger partial charge in [0.1, 0.15) is 5.82 Å². The highest BCUT2D eigenvalue weighted by Gasteiger charge is 2.21. The van der Waals surface area contributed by atoms with E-state index in [-0.39, 0.29) is 0 Å². The minimum atomic E-state index is 0.483. The van der Waals surface area contributed by atoms with Crippen molar-refractivity contribution >= 4 is 5.82 Å². The van der Waals surface area contributed by atoms with Gasteiger partial charge in [0.2, 0.25) is 0 Å². The molecule has 0 amide bonds. The summed E-state index contributed by atoms with van der Waals surface area (Å²) in [5.74, 6) is 1.65. The summed E-state index contributed by atoms with van der Waals surface area (Å²) in [6.45, 7) is 9.86. The molecule has 4 nitrogen and oxygen atoms in total. The molecule has 1 aliphatic carbocycles. The Morgan fingerprint density at radius 3 is 2.52 bits per heavy atom. The summed E-state index contributed by atoms with van der Waals surface area (Å²) >= 11 is 0. The lowest BCUT2D eigenvalue weighted by molar-refractivity contribution is 0.312. The van der Waals surface area contributed by atoms with Gasteiger partial charge < -0.3 is 15.1 Å². The molecule has 1 aromatic rings. The number of pyridine rings is 1. The molecule has 1 saturated carbocycles. The largest absolute Gasteiger partial charge is 0.354 e. The van der Waals surface area contributed by atoms with Crippen molar-refractivity contribution in [2.24, 2.45) is 0 Å². The SMILES string of the molecule is CC(C)c1cc(CNC2CC2)cc(N2CCN(C)CC2)n1. The van der Waals surface area contributed by atoms with Crippen LogP contribution in [0.4, 0.5) is 5.82 Å². The molecule has 3 rings (SSSR count). The predicted molar refractivity (Wildman–Crippen MR) is 87.9 cm³/mol. The van der Waals surface area contributed by atoms with Crippen LogP contribution in [0.5, 0.6) is 0 Å². The van der Waals surface area contributed by atoms with Crippen molar-refractivity contribution in [2.75, 3.05) is 38.1 Å². The number of piperazine rings is 1. The second-order valence-corrected chi connectivity index (χ2v) is 6.86. The monoisotopic (exact) mass is 288 g/mol. The summed E-state index contributed by atoms with van der Waals surface area (Å²) < 4.78 is 0. The number of nitrogens with zero attached hydrogens (tertiary/aromatic N) is 3. The Balaban J connectivity index is 1.76. The van der Waals surface area contributed by atoms with E-state index >= 15 is 0 Å². The van der Waals surface area contributed by atoms with Gasteiger partial charge in [0.05, 0.1) is 0 Å². The number of anilines is 1. The molecule has 1 aromatic heterocycles. The molecule has 1 N–H and O–H groups in total. The summed E-state index contributed by atoms with van der Waals surface area (Å²) in [7, 11) is 2.19. The third-order valence-electron chi connectivity index (χ3n) is 4.48. The fraction of sp³-hybridized carbons (Fsp3) is 0.706. The highest BCUT2D eigenvalue weighted by atomic mass is 15.3. The fourth-order valence-electron chi connectivity index (χ4n) is 2.74. The highest BCUT2D eigenvalue weighted by molar-refractivity contribution is 5.44. The minimum absolute atomic E-state index is 0.483. The third kappa shape index (κ3) is 3.95. The molecular weight excluding hydrogens is 260 g/mol. The van der Waals surface area contributed by atoms with E-state index in [2.05, 4.69) is 48.1 Å². The molecule has 1 aliphatic heterocycles. The van der Waals surface area contributed by atoms with E-state index in [1.165, 1.54) is 29.9 Å². The zero-order chi connectivity index (χ0) is 14.8. The Bertz CT molecular complexity index is 474. The number of hydrogen-bond acceptors (Lipinski definition) is 4. The summed E-state index contributed by atoms with van der Waals surface area (Å²) in [5.41, 5.74) is 2.61. The lowest BCUT2D eigenvalue weighted by Gasteiger charge is -2.33. The van der Waals surface area contributed by atoms with Crippen molar-refractivity contribution in [3.05, 3.63) is 23.4 Å². The van der Waals surface area contributed by atoms with Gasteiger partial charge in [0.15, 0.2) is 0 Å². The molecule has 0 atom stereocenters. The van der Waals surface area contributed by atoms with Crippen LogP contribution in [0.25, 0.3) is 0 Å². The molecule has 2 fully saturated rings. The van der Waals surface area contributed by atoms with Gasteiger partial charge in [-0.1, -0.05) is 13.8 Å². The second kappa shape index (κ2) is 6.32. The van der Waals surface area contributed by atoms with Gasteiger partial charge in [0, 0.05) is 44.5 Å². The van der Waals surface area contributed by atoms with Gasteiger partial charge in [-0.05, 0) is 43.5 Å². The van der Waals surface area contributed by atoms with Crippen LogP contribution in [-0.4, -0.2) is 49.2 Å². The second-order valence-electron chi connectivity index (χ2n) is 6.86. The first-order valence-electron chi connectivity index (χ1n) is 8.29. The van der Waals surface area contributed by atoms with E-state index in [4.69, 9.17) is 4.98 Å². The molecule has 0 bridgehead atoms. The van der Waals surface area contributed by atoms with Gasteiger partial charge in [-0.15, -0.1) is 0 Å². The first kappa shape index (κ1) is 14.8. The van der Waals surface area contributed by atoms with E-state index in [0.29, 0.717) is 5.92 Å². The molecule has 1 saturated heterocycles. The summed E-state index contributed by atoms with van der Waals surface area (Å²) in [4.78, 5) is 9.73. The Labute approximate surface area is 128 Å². The first-order chi connectivity index (χ1) is 10.1. The Morgan fingerprint density at radius 1 is 1.19 bits per heavy atom. The summed E-state index contributed by atoms with van der Waals surface area (Å²) in [5, 5.41) is 3.62. The van der Waals surface area contributed by atoms with Gasteiger partial charge in [-0.25, -0.2) is 4.98 Å². The van der Waals surface area contributed by atoms with Crippen LogP contribution in [0, 0.1) is 0 Å². The molecule has 0 radical (unpaired) electrons. The van der Waals surface area contributed by atoms with Crippen LogP contribution in [0.1, 0.15) is 43.9 Å². The van der Waals surface area contributed by atoms with Crippen LogP contribution in [0.15, 0.2) is 12.1 Å². The van der Waals surface area contributed by atoms with Crippen molar-refractivity contribution in [2.45, 2.75) is 45.2 Å². The number of nitrogens with one attached hydrogen (secondary N) is 1. The Kier molecular flexibility index (Phi) is 4.45. The third-order valence-corrected chi connectivity index (χ3v) is 4.48. The number of hydrogen-bond donors (Lipinski definition) is 1. The van der Waals surface area contributed by atoms with Crippen molar-refractivity contribution in [3.63, 3.8) is 0 Å².